The number of fused-ring (bicyclic) bond motifs is 1. The number of rotatable bonds is 4. The van der Waals surface area contributed by atoms with Crippen molar-refractivity contribution < 1.29 is 14.2 Å². The highest BCUT2D eigenvalue weighted by molar-refractivity contribution is 5.85. The van der Waals surface area contributed by atoms with Gasteiger partial charge in [-0.1, -0.05) is 13.8 Å². The number of nitrogens with two attached hydrogens (primary N) is 1. The average molecular weight is 274 g/mol. The van der Waals surface area contributed by atoms with Crippen molar-refractivity contribution in [3.63, 3.8) is 0 Å². The Kier molecular flexibility index (Phi) is 5.11. The van der Waals surface area contributed by atoms with Crippen LogP contribution >= 0.6 is 12.4 Å². The van der Waals surface area contributed by atoms with Gasteiger partial charge in [-0.2, -0.15) is 0 Å². The van der Waals surface area contributed by atoms with E-state index in [0.717, 1.165) is 17.7 Å². The molecule has 0 aromatic heterocycles. The molecule has 0 saturated heterocycles. The second-order valence-electron chi connectivity index (χ2n) is 4.69. The monoisotopic (exact) mass is 273 g/mol. The van der Waals surface area contributed by atoms with Crippen molar-refractivity contribution in [3.05, 3.63) is 17.7 Å². The van der Waals surface area contributed by atoms with Crippen molar-refractivity contribution in [2.24, 2.45) is 11.7 Å². The van der Waals surface area contributed by atoms with Crippen LogP contribution in [0.2, 0.25) is 0 Å². The van der Waals surface area contributed by atoms with Gasteiger partial charge in [0.1, 0.15) is 0 Å². The second-order valence-corrected chi connectivity index (χ2v) is 4.69. The van der Waals surface area contributed by atoms with Gasteiger partial charge in [-0.15, -0.1) is 12.4 Å². The molecule has 0 amide bonds. The second kappa shape index (κ2) is 6.16. The first-order valence-corrected chi connectivity index (χ1v) is 5.85. The summed E-state index contributed by atoms with van der Waals surface area (Å²) in [7, 11) is 1.62. The van der Waals surface area contributed by atoms with Gasteiger partial charge in [-0.3, -0.25) is 0 Å². The molecule has 18 heavy (non-hydrogen) atoms. The molecule has 1 aromatic rings. The lowest BCUT2D eigenvalue weighted by atomic mass is 9.97. The third kappa shape index (κ3) is 3.00. The minimum Gasteiger partial charge on any atom is -0.493 e. The molecule has 2 N–H and O–H groups in total. The lowest BCUT2D eigenvalue weighted by molar-refractivity contribution is 0.171. The maximum atomic E-state index is 6.16. The van der Waals surface area contributed by atoms with Gasteiger partial charge in [0.05, 0.1) is 7.11 Å². The van der Waals surface area contributed by atoms with E-state index >= 15 is 0 Å². The van der Waals surface area contributed by atoms with E-state index in [2.05, 4.69) is 13.8 Å². The fraction of sp³-hybridized carbons (Fsp3) is 0.538. The number of hydrogen-bond donors (Lipinski definition) is 1. The number of hydrogen-bond acceptors (Lipinski definition) is 4. The van der Waals surface area contributed by atoms with Crippen LogP contribution in [0.15, 0.2) is 12.1 Å². The van der Waals surface area contributed by atoms with Gasteiger partial charge in [0.25, 0.3) is 0 Å². The van der Waals surface area contributed by atoms with Crippen LogP contribution in [-0.4, -0.2) is 13.9 Å². The number of methoxy groups -OCH3 is 1. The smallest absolute Gasteiger partial charge is 0.231 e. The minimum absolute atomic E-state index is 0. The van der Waals surface area contributed by atoms with Crippen molar-refractivity contribution in [1.29, 1.82) is 0 Å². The van der Waals surface area contributed by atoms with Crippen LogP contribution in [-0.2, 0) is 0 Å². The Morgan fingerprint density at radius 2 is 2.06 bits per heavy atom. The maximum Gasteiger partial charge on any atom is 0.231 e. The normalized spacial score (nSPS) is 14.3. The van der Waals surface area contributed by atoms with Gasteiger partial charge in [0.15, 0.2) is 11.5 Å². The lowest BCUT2D eigenvalue weighted by Crippen LogP contribution is -2.13. The summed E-state index contributed by atoms with van der Waals surface area (Å²) in [6.07, 6.45) is 0.933. The molecule has 0 bridgehead atoms. The van der Waals surface area contributed by atoms with Crippen LogP contribution in [0, 0.1) is 5.92 Å². The summed E-state index contributed by atoms with van der Waals surface area (Å²) in [6, 6.07) is 3.87. The van der Waals surface area contributed by atoms with Gasteiger partial charge < -0.3 is 19.9 Å². The number of benzene rings is 1. The van der Waals surface area contributed by atoms with Crippen molar-refractivity contribution in [2.45, 2.75) is 26.3 Å². The Labute approximate surface area is 114 Å². The van der Waals surface area contributed by atoms with Crippen LogP contribution in [0.5, 0.6) is 17.2 Å². The van der Waals surface area contributed by atoms with Crippen LogP contribution in [0.3, 0.4) is 0 Å². The molecule has 1 heterocycles. The fourth-order valence-corrected chi connectivity index (χ4v) is 2.01. The molecule has 0 unspecified atom stereocenters. The molecular weight excluding hydrogens is 254 g/mol. The SMILES string of the molecule is COc1cc([C@H](N)CC(C)C)cc2c1OCO2.Cl. The molecule has 0 saturated carbocycles. The summed E-state index contributed by atoms with van der Waals surface area (Å²) in [5.74, 6) is 2.64. The van der Waals surface area contributed by atoms with E-state index in [-0.39, 0.29) is 25.2 Å². The highest BCUT2D eigenvalue weighted by atomic mass is 35.5. The molecule has 1 atom stereocenters. The van der Waals surface area contributed by atoms with Crippen LogP contribution in [0.4, 0.5) is 0 Å². The zero-order valence-electron chi connectivity index (χ0n) is 10.9. The maximum absolute atomic E-state index is 6.16. The van der Waals surface area contributed by atoms with Crippen molar-refractivity contribution >= 4 is 12.4 Å². The Morgan fingerprint density at radius 1 is 1.33 bits per heavy atom. The quantitative estimate of drug-likeness (QED) is 0.916. The molecule has 1 aliphatic rings. The third-order valence-electron chi connectivity index (χ3n) is 2.83. The Morgan fingerprint density at radius 3 is 2.67 bits per heavy atom. The summed E-state index contributed by atoms with van der Waals surface area (Å²) >= 11 is 0. The molecule has 4 nitrogen and oxygen atoms in total. The van der Waals surface area contributed by atoms with Gasteiger partial charge in [-0.05, 0) is 30.0 Å². The predicted octanol–water partition coefficient (Wildman–Crippen LogP) is 2.89. The largest absolute Gasteiger partial charge is 0.493 e. The van der Waals surface area contributed by atoms with E-state index < -0.39 is 0 Å². The van der Waals surface area contributed by atoms with Gasteiger partial charge in [-0.25, -0.2) is 0 Å². The first kappa shape index (κ1) is 14.9. The average Bonchev–Trinajstić information content (AvgIpc) is 2.74. The molecular formula is C13H20ClNO3. The minimum atomic E-state index is -0.00148. The molecule has 1 aliphatic heterocycles. The fourth-order valence-electron chi connectivity index (χ4n) is 2.01. The third-order valence-corrected chi connectivity index (χ3v) is 2.83. The summed E-state index contributed by atoms with van der Waals surface area (Å²) in [5.41, 5.74) is 7.19. The highest BCUT2D eigenvalue weighted by Crippen LogP contribution is 2.43. The molecule has 0 radical (unpaired) electrons. The van der Waals surface area contributed by atoms with Gasteiger partial charge in [0.2, 0.25) is 12.5 Å². The Balaban J connectivity index is 0.00000162. The van der Waals surface area contributed by atoms with Crippen LogP contribution < -0.4 is 19.9 Å². The van der Waals surface area contributed by atoms with E-state index in [4.69, 9.17) is 19.9 Å². The van der Waals surface area contributed by atoms with Gasteiger partial charge in [0, 0.05) is 6.04 Å². The lowest BCUT2D eigenvalue weighted by Gasteiger charge is -2.16. The first-order valence-electron chi connectivity index (χ1n) is 5.85. The molecule has 0 fully saturated rings. The van der Waals surface area contributed by atoms with E-state index in [1.165, 1.54) is 0 Å². The van der Waals surface area contributed by atoms with E-state index in [1.807, 2.05) is 12.1 Å². The summed E-state index contributed by atoms with van der Waals surface area (Å²) in [4.78, 5) is 0. The number of ether oxygens (including phenoxy) is 3. The zero-order valence-corrected chi connectivity index (χ0v) is 11.8. The molecule has 102 valence electrons. The van der Waals surface area contributed by atoms with Crippen molar-refractivity contribution in [2.75, 3.05) is 13.9 Å². The highest BCUT2D eigenvalue weighted by Gasteiger charge is 2.22. The molecule has 1 aromatic carbocycles. The molecule has 0 spiro atoms. The predicted molar refractivity (Wildman–Crippen MR) is 72.7 cm³/mol. The zero-order chi connectivity index (χ0) is 12.4. The van der Waals surface area contributed by atoms with Crippen molar-refractivity contribution in [3.8, 4) is 17.2 Å². The Hall–Kier alpha value is -1.13. The van der Waals surface area contributed by atoms with E-state index in [9.17, 15) is 0 Å². The van der Waals surface area contributed by atoms with Crippen LogP contribution in [0.25, 0.3) is 0 Å². The molecule has 5 heteroatoms. The summed E-state index contributed by atoms with van der Waals surface area (Å²) in [5, 5.41) is 0. The van der Waals surface area contributed by atoms with E-state index in [0.29, 0.717) is 17.4 Å². The van der Waals surface area contributed by atoms with Gasteiger partial charge >= 0.3 is 0 Å². The number of halogens is 1. The van der Waals surface area contributed by atoms with Crippen LogP contribution in [0.1, 0.15) is 31.9 Å². The Bertz CT molecular complexity index is 409. The summed E-state index contributed by atoms with van der Waals surface area (Å²) in [6.45, 7) is 4.56. The topological polar surface area (TPSA) is 53.7 Å². The first-order chi connectivity index (χ1) is 8.11. The van der Waals surface area contributed by atoms with E-state index in [1.54, 1.807) is 7.11 Å². The van der Waals surface area contributed by atoms with Crippen molar-refractivity contribution in [1.82, 2.24) is 0 Å². The summed E-state index contributed by atoms with van der Waals surface area (Å²) < 4.78 is 16.0. The molecule has 2 rings (SSSR count). The molecule has 0 aliphatic carbocycles. The standard InChI is InChI=1S/C13H19NO3.ClH/c1-8(2)4-10(14)9-5-11(15-3)13-12(6-9)16-7-17-13;/h5-6,8,10H,4,7,14H2,1-3H3;1H/t10-;/m1./s1.